The summed E-state index contributed by atoms with van der Waals surface area (Å²) in [6.45, 7) is 5.42. The van der Waals surface area contributed by atoms with Crippen LogP contribution in [0.2, 0.25) is 0 Å². The van der Waals surface area contributed by atoms with Crippen LogP contribution < -0.4 is 0 Å². The largest absolute Gasteiger partial charge is 0.391 e. The molecule has 6 heteroatoms. The van der Waals surface area contributed by atoms with Gasteiger partial charge in [0.2, 0.25) is 0 Å². The molecule has 1 aliphatic carbocycles. The molecule has 5 nitrogen and oxygen atoms in total. The summed E-state index contributed by atoms with van der Waals surface area (Å²) in [7, 11) is 1.93. The summed E-state index contributed by atoms with van der Waals surface area (Å²) in [5, 5.41) is 15.8. The van der Waals surface area contributed by atoms with Gasteiger partial charge in [0.25, 0.3) is 5.91 Å². The van der Waals surface area contributed by atoms with E-state index in [0.717, 1.165) is 33.6 Å². The average Bonchev–Trinajstić information content (AvgIpc) is 2.85. The molecular formula is C16H21N3O2S. The Kier molecular flexibility index (Phi) is 2.94. The number of β-amino-alcohol motifs (C(OH)–C–C–N with tert-alkyl or cyclic N) is 1. The predicted octanol–water partition coefficient (Wildman–Crippen LogP) is 2.36. The lowest BCUT2D eigenvalue weighted by Gasteiger charge is -2.14. The third kappa shape index (κ3) is 1.93. The van der Waals surface area contributed by atoms with Crippen LogP contribution in [0.4, 0.5) is 0 Å². The average molecular weight is 319 g/mol. The quantitative estimate of drug-likeness (QED) is 0.924. The minimum atomic E-state index is -0.348. The normalized spacial score (nSPS) is 23.1. The van der Waals surface area contributed by atoms with Crippen molar-refractivity contribution in [2.75, 3.05) is 13.1 Å². The number of aliphatic hydroxyl groups is 1. The number of carbonyl (C=O) groups is 1. The summed E-state index contributed by atoms with van der Waals surface area (Å²) in [6.07, 6.45) is 1.75. The molecule has 1 spiro atoms. The van der Waals surface area contributed by atoms with Crippen molar-refractivity contribution in [2.45, 2.75) is 38.7 Å². The molecule has 22 heavy (non-hydrogen) atoms. The monoisotopic (exact) mass is 319 g/mol. The highest BCUT2D eigenvalue weighted by molar-refractivity contribution is 7.20. The highest BCUT2D eigenvalue weighted by Crippen LogP contribution is 2.53. The third-order valence-electron chi connectivity index (χ3n) is 5.08. The number of amides is 1. The summed E-state index contributed by atoms with van der Waals surface area (Å²) in [6, 6.07) is 1.98. The van der Waals surface area contributed by atoms with E-state index in [1.807, 2.05) is 22.7 Å². The highest BCUT2D eigenvalue weighted by atomic mass is 32.1. The maximum Gasteiger partial charge on any atom is 0.264 e. The van der Waals surface area contributed by atoms with Crippen LogP contribution in [0.3, 0.4) is 0 Å². The van der Waals surface area contributed by atoms with Gasteiger partial charge in [-0.2, -0.15) is 5.10 Å². The molecule has 4 rings (SSSR count). The van der Waals surface area contributed by atoms with Gasteiger partial charge < -0.3 is 10.0 Å². The Labute approximate surface area is 133 Å². The number of carbonyl (C=O) groups excluding carboxylic acids is 1. The first kappa shape index (κ1) is 14.2. The van der Waals surface area contributed by atoms with E-state index in [4.69, 9.17) is 0 Å². The van der Waals surface area contributed by atoms with Crippen LogP contribution in [0, 0.1) is 5.41 Å². The summed E-state index contributed by atoms with van der Waals surface area (Å²) in [5.74, 6) is 0.392. The molecule has 1 atom stereocenters. The first-order valence-electron chi connectivity index (χ1n) is 7.85. The lowest BCUT2D eigenvalue weighted by atomic mass is 10.0. The zero-order valence-electron chi connectivity index (χ0n) is 13.2. The van der Waals surface area contributed by atoms with Gasteiger partial charge in [0.05, 0.1) is 16.7 Å². The number of aromatic nitrogens is 2. The Hall–Kier alpha value is -1.40. The van der Waals surface area contributed by atoms with Crippen LogP contribution in [0.15, 0.2) is 6.07 Å². The van der Waals surface area contributed by atoms with E-state index in [0.29, 0.717) is 19.0 Å². The van der Waals surface area contributed by atoms with Crippen LogP contribution in [0.1, 0.15) is 48.0 Å². The van der Waals surface area contributed by atoms with Crippen molar-refractivity contribution in [3.05, 3.63) is 16.6 Å². The molecule has 0 bridgehead atoms. The molecule has 0 aromatic carbocycles. The van der Waals surface area contributed by atoms with Crippen molar-refractivity contribution in [3.63, 3.8) is 0 Å². The summed E-state index contributed by atoms with van der Waals surface area (Å²) >= 11 is 1.51. The second-order valence-electron chi connectivity index (χ2n) is 7.06. The van der Waals surface area contributed by atoms with Gasteiger partial charge in [0.15, 0.2) is 0 Å². The van der Waals surface area contributed by atoms with Gasteiger partial charge in [0, 0.05) is 30.9 Å². The van der Waals surface area contributed by atoms with Crippen LogP contribution in [0.5, 0.6) is 0 Å². The second-order valence-corrected chi connectivity index (χ2v) is 8.09. The van der Waals surface area contributed by atoms with Gasteiger partial charge in [-0.1, -0.05) is 13.8 Å². The molecule has 0 radical (unpaired) electrons. The molecule has 1 N–H and O–H groups in total. The molecule has 1 aliphatic heterocycles. The van der Waals surface area contributed by atoms with E-state index in [-0.39, 0.29) is 17.4 Å². The van der Waals surface area contributed by atoms with Gasteiger partial charge in [-0.05, 0) is 24.8 Å². The Morgan fingerprint density at radius 2 is 2.23 bits per heavy atom. The summed E-state index contributed by atoms with van der Waals surface area (Å²) in [5.41, 5.74) is 1.06. The second kappa shape index (κ2) is 4.55. The number of nitrogens with zero attached hydrogens (tertiary/aromatic N) is 3. The first-order valence-corrected chi connectivity index (χ1v) is 8.67. The predicted molar refractivity (Wildman–Crippen MR) is 86.3 cm³/mol. The van der Waals surface area contributed by atoms with Crippen LogP contribution in [-0.4, -0.2) is 44.9 Å². The lowest BCUT2D eigenvalue weighted by Crippen LogP contribution is -2.28. The molecular weight excluding hydrogens is 298 g/mol. The van der Waals surface area contributed by atoms with Gasteiger partial charge in [-0.15, -0.1) is 11.3 Å². The minimum Gasteiger partial charge on any atom is -0.391 e. The van der Waals surface area contributed by atoms with Crippen LogP contribution >= 0.6 is 11.3 Å². The first-order chi connectivity index (χ1) is 10.4. The van der Waals surface area contributed by atoms with Crippen LogP contribution in [0.25, 0.3) is 10.2 Å². The molecule has 1 amide bonds. The molecule has 2 aliphatic rings. The Bertz CT molecular complexity index is 757. The lowest BCUT2D eigenvalue weighted by molar-refractivity contribution is 0.0769. The molecule has 1 saturated heterocycles. The third-order valence-corrected chi connectivity index (χ3v) is 6.27. The van der Waals surface area contributed by atoms with E-state index in [1.165, 1.54) is 11.3 Å². The number of rotatable bonds is 2. The van der Waals surface area contributed by atoms with Crippen molar-refractivity contribution in [2.24, 2.45) is 12.5 Å². The number of hydrogen-bond donors (Lipinski definition) is 1. The van der Waals surface area contributed by atoms with E-state index in [1.54, 1.807) is 0 Å². The molecule has 2 aromatic rings. The van der Waals surface area contributed by atoms with E-state index >= 15 is 0 Å². The fraction of sp³-hybridized carbons (Fsp3) is 0.625. The molecule has 2 fully saturated rings. The topological polar surface area (TPSA) is 58.4 Å². The highest BCUT2D eigenvalue weighted by Gasteiger charge is 2.55. The molecule has 118 valence electrons. The number of aliphatic hydroxyl groups excluding tert-OH is 1. The SMILES string of the molecule is CC(C)c1nn(C)c2sc(C(=O)N3CC(O)C4(CC4)C3)cc12. The van der Waals surface area contributed by atoms with Crippen molar-refractivity contribution < 1.29 is 9.90 Å². The van der Waals surface area contributed by atoms with Crippen molar-refractivity contribution in [1.82, 2.24) is 14.7 Å². The van der Waals surface area contributed by atoms with Gasteiger partial charge in [-0.3, -0.25) is 9.48 Å². The number of aryl methyl sites for hydroxylation is 1. The van der Waals surface area contributed by atoms with Crippen molar-refractivity contribution >= 4 is 27.5 Å². The fourth-order valence-electron chi connectivity index (χ4n) is 3.51. The summed E-state index contributed by atoms with van der Waals surface area (Å²) in [4.78, 5) is 16.4. The molecule has 2 aromatic heterocycles. The Morgan fingerprint density at radius 1 is 1.50 bits per heavy atom. The van der Waals surface area contributed by atoms with Gasteiger partial charge in [-0.25, -0.2) is 0 Å². The maximum atomic E-state index is 12.8. The van der Waals surface area contributed by atoms with E-state index < -0.39 is 0 Å². The number of thiophene rings is 1. The fourth-order valence-corrected chi connectivity index (χ4v) is 4.56. The zero-order chi connectivity index (χ0) is 15.6. The summed E-state index contributed by atoms with van der Waals surface area (Å²) < 4.78 is 1.87. The maximum absolute atomic E-state index is 12.8. The number of likely N-dealkylation sites (tertiary alicyclic amines) is 1. The number of hydrogen-bond acceptors (Lipinski definition) is 4. The molecule has 1 unspecified atom stereocenters. The Balaban J connectivity index is 1.66. The number of fused-ring (bicyclic) bond motifs is 1. The van der Waals surface area contributed by atoms with Gasteiger partial charge in [0.1, 0.15) is 4.83 Å². The van der Waals surface area contributed by atoms with Crippen LogP contribution in [-0.2, 0) is 7.05 Å². The van der Waals surface area contributed by atoms with E-state index in [2.05, 4.69) is 18.9 Å². The van der Waals surface area contributed by atoms with Gasteiger partial charge >= 0.3 is 0 Å². The minimum absolute atomic E-state index is 0.0109. The zero-order valence-corrected chi connectivity index (χ0v) is 14.0. The molecule has 1 saturated carbocycles. The Morgan fingerprint density at radius 3 is 2.82 bits per heavy atom. The van der Waals surface area contributed by atoms with Crippen molar-refractivity contribution in [3.8, 4) is 0 Å². The van der Waals surface area contributed by atoms with E-state index in [9.17, 15) is 9.90 Å². The standard InChI is InChI=1S/C16H21N3O2S/c1-9(2)13-10-6-11(22-15(10)18(3)17-13)14(21)19-7-12(20)16(8-19)4-5-16/h6,9,12,20H,4-5,7-8H2,1-3H3. The molecule has 3 heterocycles. The van der Waals surface area contributed by atoms with Crippen molar-refractivity contribution in [1.29, 1.82) is 0 Å². The smallest absolute Gasteiger partial charge is 0.264 e.